The summed E-state index contributed by atoms with van der Waals surface area (Å²) in [6.07, 6.45) is 3.84. The maximum absolute atomic E-state index is 13.3. The number of halogens is 1. The van der Waals surface area contributed by atoms with Crippen LogP contribution in [0, 0.1) is 34.9 Å². The van der Waals surface area contributed by atoms with Gasteiger partial charge in [-0.15, -0.1) is 0 Å². The number of rotatable bonds is 3. The summed E-state index contributed by atoms with van der Waals surface area (Å²) in [7, 11) is 0. The molecule has 2 aromatic rings. The Labute approximate surface area is 175 Å². The molecular formula is C25H23FN2O2. The summed E-state index contributed by atoms with van der Waals surface area (Å²) in [5.41, 5.74) is 2.28. The molecule has 4 nitrogen and oxygen atoms in total. The van der Waals surface area contributed by atoms with Crippen LogP contribution >= 0.6 is 0 Å². The van der Waals surface area contributed by atoms with E-state index in [0.29, 0.717) is 5.56 Å². The van der Waals surface area contributed by atoms with Gasteiger partial charge in [0.1, 0.15) is 11.9 Å². The predicted octanol–water partition coefficient (Wildman–Crippen LogP) is 3.59. The van der Waals surface area contributed by atoms with Crippen LogP contribution in [-0.2, 0) is 4.79 Å². The lowest BCUT2D eigenvalue weighted by Crippen LogP contribution is -2.66. The van der Waals surface area contributed by atoms with Gasteiger partial charge in [0.2, 0.25) is 5.91 Å². The third-order valence-corrected chi connectivity index (χ3v) is 6.16. The molecule has 2 aromatic carbocycles. The largest absolute Gasteiger partial charge is 0.394 e. The highest BCUT2D eigenvalue weighted by Gasteiger charge is 2.52. The molecule has 0 spiro atoms. The van der Waals surface area contributed by atoms with E-state index in [1.54, 1.807) is 17.0 Å². The quantitative estimate of drug-likeness (QED) is 0.798. The van der Waals surface area contributed by atoms with Gasteiger partial charge < -0.3 is 10.0 Å². The average Bonchev–Trinajstić information content (AvgIpc) is 3.28. The molecule has 0 unspecified atom stereocenters. The van der Waals surface area contributed by atoms with Crippen molar-refractivity contribution >= 4 is 5.91 Å². The molecule has 1 saturated heterocycles. The van der Waals surface area contributed by atoms with Crippen LogP contribution in [0.25, 0.3) is 0 Å². The van der Waals surface area contributed by atoms with E-state index in [4.69, 9.17) is 0 Å². The van der Waals surface area contributed by atoms with E-state index in [2.05, 4.69) is 17.9 Å². The van der Waals surface area contributed by atoms with Crippen molar-refractivity contribution in [1.29, 1.82) is 5.26 Å². The van der Waals surface area contributed by atoms with E-state index >= 15 is 0 Å². The summed E-state index contributed by atoms with van der Waals surface area (Å²) < 4.78 is 13.3. The zero-order chi connectivity index (χ0) is 21.1. The summed E-state index contributed by atoms with van der Waals surface area (Å²) in [5.74, 6) is 5.40. The van der Waals surface area contributed by atoms with Crippen LogP contribution in [0.15, 0.2) is 48.5 Å². The fourth-order valence-corrected chi connectivity index (χ4v) is 4.59. The number of nitriles is 1. The molecule has 0 radical (unpaired) electrons. The predicted molar refractivity (Wildman–Crippen MR) is 111 cm³/mol. The van der Waals surface area contributed by atoms with E-state index in [1.165, 1.54) is 12.1 Å². The Morgan fingerprint density at radius 3 is 2.43 bits per heavy atom. The van der Waals surface area contributed by atoms with Gasteiger partial charge in [0, 0.05) is 23.0 Å². The van der Waals surface area contributed by atoms with Gasteiger partial charge in [-0.3, -0.25) is 4.79 Å². The van der Waals surface area contributed by atoms with Gasteiger partial charge in [-0.25, -0.2) is 4.39 Å². The Hall–Kier alpha value is -3.15. The number of nitrogens with zero attached hydrogens (tertiary/aromatic N) is 2. The highest BCUT2D eigenvalue weighted by atomic mass is 19.1. The summed E-state index contributed by atoms with van der Waals surface area (Å²) in [4.78, 5) is 14.5. The van der Waals surface area contributed by atoms with Crippen molar-refractivity contribution in [3.05, 3.63) is 71.0 Å². The van der Waals surface area contributed by atoms with E-state index in [1.807, 2.05) is 24.3 Å². The first kappa shape index (κ1) is 20.1. The highest BCUT2D eigenvalue weighted by Crippen LogP contribution is 2.42. The topological polar surface area (TPSA) is 64.3 Å². The fourth-order valence-electron chi connectivity index (χ4n) is 4.59. The summed E-state index contributed by atoms with van der Waals surface area (Å²) >= 11 is 0. The minimum atomic E-state index is -0.556. The van der Waals surface area contributed by atoms with Crippen molar-refractivity contribution in [2.45, 2.75) is 43.7 Å². The molecule has 3 atom stereocenters. The summed E-state index contributed by atoms with van der Waals surface area (Å²) in [5, 5.41) is 19.6. The lowest BCUT2D eigenvalue weighted by molar-refractivity contribution is -0.151. The van der Waals surface area contributed by atoms with Crippen molar-refractivity contribution in [3.8, 4) is 17.9 Å². The van der Waals surface area contributed by atoms with E-state index in [-0.39, 0.29) is 36.2 Å². The second kappa shape index (κ2) is 8.69. The van der Waals surface area contributed by atoms with Crippen molar-refractivity contribution in [2.24, 2.45) is 5.92 Å². The van der Waals surface area contributed by atoms with Crippen LogP contribution in [0.5, 0.6) is 0 Å². The number of aliphatic hydroxyl groups excluding tert-OH is 1. The lowest BCUT2D eigenvalue weighted by atomic mass is 9.75. The molecule has 152 valence electrons. The average molecular weight is 402 g/mol. The van der Waals surface area contributed by atoms with Gasteiger partial charge in [-0.05, 0) is 48.7 Å². The van der Waals surface area contributed by atoms with Crippen LogP contribution < -0.4 is 0 Å². The van der Waals surface area contributed by atoms with E-state index in [9.17, 15) is 19.6 Å². The van der Waals surface area contributed by atoms with Gasteiger partial charge in [-0.1, -0.05) is 42.9 Å². The number of hydrogen-bond acceptors (Lipinski definition) is 3. The molecular weight excluding hydrogens is 379 g/mol. The first-order chi connectivity index (χ1) is 14.6. The van der Waals surface area contributed by atoms with Crippen LogP contribution in [0.3, 0.4) is 0 Å². The molecule has 1 amide bonds. The highest BCUT2D eigenvalue weighted by molar-refractivity contribution is 5.82. The molecule has 30 heavy (non-hydrogen) atoms. The number of carbonyl (C=O) groups excluding carboxylic acids is 1. The minimum absolute atomic E-state index is 0.00642. The first-order valence-corrected chi connectivity index (χ1v) is 10.3. The van der Waals surface area contributed by atoms with Gasteiger partial charge in [0.15, 0.2) is 0 Å². The smallest absolute Gasteiger partial charge is 0.227 e. The number of amides is 1. The third-order valence-electron chi connectivity index (χ3n) is 6.16. The Balaban J connectivity index is 1.51. The van der Waals surface area contributed by atoms with Crippen LogP contribution in [0.2, 0.25) is 0 Å². The molecule has 1 heterocycles. The molecule has 1 saturated carbocycles. The second-order valence-electron chi connectivity index (χ2n) is 7.96. The molecule has 1 N–H and O–H groups in total. The maximum atomic E-state index is 13.3. The van der Waals surface area contributed by atoms with Crippen LogP contribution in [0.4, 0.5) is 4.39 Å². The Kier molecular flexibility index (Phi) is 5.84. The van der Waals surface area contributed by atoms with Crippen LogP contribution in [0.1, 0.15) is 48.3 Å². The zero-order valence-electron chi connectivity index (χ0n) is 16.6. The standard InChI is InChI=1S/C25H23FN2O2/c26-21-7-3-4-18(14-21)9-8-17-10-12-19(13-11-17)24-22(15-27)28(23(24)16-29)25(30)20-5-1-2-6-20/h3-4,7,10-14,20,22-24,29H,1-2,5-6,16H2/t22-,23+,24+/m0/s1. The van der Waals surface area contributed by atoms with E-state index in [0.717, 1.165) is 36.8 Å². The number of hydrogen-bond donors (Lipinski definition) is 1. The minimum Gasteiger partial charge on any atom is -0.394 e. The molecule has 2 fully saturated rings. The lowest BCUT2D eigenvalue weighted by Gasteiger charge is -2.52. The zero-order valence-corrected chi connectivity index (χ0v) is 16.6. The van der Waals surface area contributed by atoms with Gasteiger partial charge >= 0.3 is 0 Å². The SMILES string of the molecule is N#C[C@H]1[C@@H](c2ccc(C#Cc3cccc(F)c3)cc2)[C@@H](CO)N1C(=O)C1CCCC1. The molecule has 1 aliphatic carbocycles. The Morgan fingerprint density at radius 2 is 1.80 bits per heavy atom. The normalized spacial score (nSPS) is 23.2. The second-order valence-corrected chi connectivity index (χ2v) is 7.96. The number of likely N-dealkylation sites (tertiary alicyclic amines) is 1. The van der Waals surface area contributed by atoms with Crippen molar-refractivity contribution in [1.82, 2.24) is 4.90 Å². The fraction of sp³-hybridized carbons (Fsp3) is 0.360. The van der Waals surface area contributed by atoms with Crippen molar-refractivity contribution < 1.29 is 14.3 Å². The molecule has 1 aliphatic heterocycles. The molecule has 0 bridgehead atoms. The molecule has 5 heteroatoms. The Morgan fingerprint density at radius 1 is 1.10 bits per heavy atom. The molecule has 4 rings (SSSR count). The third kappa shape index (κ3) is 3.82. The number of aliphatic hydroxyl groups is 1. The first-order valence-electron chi connectivity index (χ1n) is 10.3. The van der Waals surface area contributed by atoms with E-state index < -0.39 is 6.04 Å². The number of benzene rings is 2. The summed E-state index contributed by atoms with van der Waals surface area (Å²) in [6, 6.07) is 15.0. The Bertz CT molecular complexity index is 1030. The van der Waals surface area contributed by atoms with Gasteiger partial charge in [0.25, 0.3) is 0 Å². The summed E-state index contributed by atoms with van der Waals surface area (Å²) in [6.45, 7) is -0.164. The van der Waals surface area contributed by atoms with Crippen LogP contribution in [-0.4, -0.2) is 34.6 Å². The maximum Gasteiger partial charge on any atom is 0.227 e. The van der Waals surface area contributed by atoms with Crippen molar-refractivity contribution in [3.63, 3.8) is 0 Å². The van der Waals surface area contributed by atoms with Gasteiger partial charge in [0.05, 0.1) is 18.7 Å². The van der Waals surface area contributed by atoms with Gasteiger partial charge in [-0.2, -0.15) is 5.26 Å². The molecule has 0 aromatic heterocycles. The monoisotopic (exact) mass is 402 g/mol. The van der Waals surface area contributed by atoms with Crippen molar-refractivity contribution in [2.75, 3.05) is 6.61 Å². The number of carbonyl (C=O) groups is 1. The molecule has 2 aliphatic rings.